The predicted octanol–water partition coefficient (Wildman–Crippen LogP) is 2.82. The van der Waals surface area contributed by atoms with Crippen LogP contribution in [0, 0.1) is 0 Å². The van der Waals surface area contributed by atoms with Gasteiger partial charge in [0, 0.05) is 62.9 Å². The summed E-state index contributed by atoms with van der Waals surface area (Å²) in [5.74, 6) is 0. The second-order valence-electron chi connectivity index (χ2n) is 11.3. The Hall–Kier alpha value is -2.48. The number of aliphatic hydroxyl groups excluding tert-OH is 1. The third-order valence-corrected chi connectivity index (χ3v) is 22.6. The minimum absolute atomic E-state index is 0.608. The molecule has 0 aliphatic rings. The fourth-order valence-corrected chi connectivity index (χ4v) is 16.5. The normalized spacial score (nSPS) is 12.0. The van der Waals surface area contributed by atoms with Gasteiger partial charge in [0.05, 0.1) is 0 Å². The third-order valence-electron chi connectivity index (χ3n) is 7.72. The molecule has 4 aromatic rings. The average Bonchev–Trinajstić information content (AvgIpc) is 3.19. The van der Waals surface area contributed by atoms with E-state index in [1.165, 1.54) is 0 Å². The van der Waals surface area contributed by atoms with E-state index in [4.69, 9.17) is 39.9 Å². The minimum atomic E-state index is -3.46. The molecule has 3 N–H and O–H groups in total. The lowest BCUT2D eigenvalue weighted by atomic mass is 10.4. The van der Waals surface area contributed by atoms with E-state index >= 15 is 0 Å². The SMILES string of the molecule is CO.CO[Si](C)(C)O[Si](O[Si](C)(OC)OC)(c1ccccc1)c1ccccc1.CO[Si](C)(OC)OC.O[Si](O)(c1ccccc1)c1ccccc1. The van der Waals surface area contributed by atoms with Crippen molar-refractivity contribution >= 4 is 64.0 Å². The lowest BCUT2D eigenvalue weighted by molar-refractivity contribution is 0.132. The van der Waals surface area contributed by atoms with E-state index in [-0.39, 0.29) is 0 Å². The van der Waals surface area contributed by atoms with Crippen molar-refractivity contribution in [2.24, 2.45) is 0 Å². The van der Waals surface area contributed by atoms with E-state index in [1.807, 2.05) is 123 Å². The molecule has 51 heavy (non-hydrogen) atoms. The quantitative estimate of drug-likeness (QED) is 0.163. The van der Waals surface area contributed by atoms with Gasteiger partial charge in [0.25, 0.3) is 0 Å². The molecule has 4 rings (SSSR count). The first-order chi connectivity index (χ1) is 24.2. The maximum absolute atomic E-state index is 10.2. The smallest absolute Gasteiger partial charge is 0.408 e. The molecule has 282 valence electrons. The van der Waals surface area contributed by atoms with Crippen LogP contribution < -0.4 is 20.7 Å². The summed E-state index contributed by atoms with van der Waals surface area (Å²) in [5.41, 5.74) is 0. The van der Waals surface area contributed by atoms with Crippen molar-refractivity contribution in [2.45, 2.75) is 26.2 Å². The molecule has 0 bridgehead atoms. The molecule has 0 aromatic heterocycles. The Morgan fingerprint density at radius 3 is 0.882 bits per heavy atom. The van der Waals surface area contributed by atoms with Gasteiger partial charge in [-0.25, -0.2) is 0 Å². The van der Waals surface area contributed by atoms with Gasteiger partial charge in [-0.2, -0.15) is 0 Å². The maximum atomic E-state index is 10.2. The first kappa shape index (κ1) is 46.5. The molecule has 0 aliphatic heterocycles. The highest BCUT2D eigenvalue weighted by atomic mass is 28.5. The Labute approximate surface area is 309 Å². The van der Waals surface area contributed by atoms with Crippen molar-refractivity contribution in [3.05, 3.63) is 121 Å². The molecular weight excluding hydrogens is 737 g/mol. The summed E-state index contributed by atoms with van der Waals surface area (Å²) in [6.07, 6.45) is 0. The summed E-state index contributed by atoms with van der Waals surface area (Å²) < 4.78 is 45.3. The van der Waals surface area contributed by atoms with Crippen LogP contribution in [0.1, 0.15) is 0 Å². The number of rotatable bonds is 14. The lowest BCUT2D eigenvalue weighted by Gasteiger charge is -2.41. The second kappa shape index (κ2) is 22.6. The summed E-state index contributed by atoms with van der Waals surface area (Å²) in [5, 5.41) is 10.2. The summed E-state index contributed by atoms with van der Waals surface area (Å²) >= 11 is 0. The van der Waals surface area contributed by atoms with Crippen molar-refractivity contribution in [2.75, 3.05) is 49.8 Å². The minimum Gasteiger partial charge on any atom is -0.408 e. The summed E-state index contributed by atoms with van der Waals surface area (Å²) in [7, 11) is -3.46. The topological polar surface area (TPSA) is 135 Å². The molecule has 0 heterocycles. The van der Waals surface area contributed by atoms with Gasteiger partial charge in [-0.05, 0) is 33.8 Å². The zero-order chi connectivity index (χ0) is 38.6. The fraction of sp³-hybridized carbons (Fsp3) is 0.314. The van der Waals surface area contributed by atoms with Gasteiger partial charge in [0.2, 0.25) is 0 Å². The first-order valence-corrected chi connectivity index (χ1v) is 27.0. The molecule has 11 nitrogen and oxygen atoms in total. The Kier molecular flexibility index (Phi) is 20.6. The number of aliphatic hydroxyl groups is 1. The van der Waals surface area contributed by atoms with Crippen molar-refractivity contribution in [1.82, 2.24) is 0 Å². The summed E-state index contributed by atoms with van der Waals surface area (Å²) in [6, 6.07) is 38.1. The van der Waals surface area contributed by atoms with E-state index in [2.05, 4.69) is 0 Å². The molecule has 0 amide bonds. The molecule has 0 radical (unpaired) electrons. The fourth-order valence-electron chi connectivity index (χ4n) is 4.31. The van der Waals surface area contributed by atoms with Crippen LogP contribution in [0.5, 0.6) is 0 Å². The van der Waals surface area contributed by atoms with Crippen LogP contribution in [-0.4, -0.2) is 108 Å². The molecule has 0 saturated carbocycles. The molecule has 4 aromatic carbocycles. The molecule has 16 heteroatoms. The number of hydrogen-bond acceptors (Lipinski definition) is 11. The first-order valence-electron chi connectivity index (χ1n) is 16.0. The van der Waals surface area contributed by atoms with Gasteiger partial charge in [-0.1, -0.05) is 121 Å². The number of hydrogen-bond donors (Lipinski definition) is 3. The highest BCUT2D eigenvalue weighted by molar-refractivity contribution is 7.00. The van der Waals surface area contributed by atoms with E-state index in [0.29, 0.717) is 10.4 Å². The zero-order valence-corrected chi connectivity index (χ0v) is 36.7. The summed E-state index contributed by atoms with van der Waals surface area (Å²) in [6.45, 7) is 7.74. The molecule has 0 unspecified atom stereocenters. The van der Waals surface area contributed by atoms with Crippen molar-refractivity contribution < 1.29 is 49.5 Å². The standard InChI is InChI=1S/C18H28O5Si3.C12H12O2Si.C4H12O3Si.CH4O/c1-19-24(4,5)22-26(17-13-9-7-10-14-17,18-15-11-8-12-16-18)23-25(6,20-2)21-3;13-15(14,11-7-3-1-4-8-11)12-9-5-2-6-10-12;1-5-8(4,6-2)7-3;1-2/h7-16H,1-6H3;1-10,13-14H;1-4H3;2H,1H3. The van der Waals surface area contributed by atoms with Gasteiger partial charge >= 0.3 is 43.3 Å². The van der Waals surface area contributed by atoms with Gasteiger partial charge in [-0.3, -0.25) is 0 Å². The van der Waals surface area contributed by atoms with E-state index in [1.54, 1.807) is 66.9 Å². The summed E-state index contributed by atoms with van der Waals surface area (Å²) in [4.78, 5) is 20.3. The van der Waals surface area contributed by atoms with Gasteiger partial charge in [0.15, 0.2) is 0 Å². The molecule has 0 aliphatic carbocycles. The maximum Gasteiger partial charge on any atom is 0.496 e. The van der Waals surface area contributed by atoms with Crippen LogP contribution in [0.2, 0.25) is 26.2 Å². The Morgan fingerprint density at radius 2 is 0.647 bits per heavy atom. The van der Waals surface area contributed by atoms with Crippen LogP contribution in [0.3, 0.4) is 0 Å². The zero-order valence-electron chi connectivity index (χ0n) is 31.7. The van der Waals surface area contributed by atoms with E-state index in [0.717, 1.165) is 17.5 Å². The highest BCUT2D eigenvalue weighted by Gasteiger charge is 2.54. The van der Waals surface area contributed by atoms with Crippen LogP contribution in [-0.2, 0) is 34.8 Å². The molecule has 0 spiro atoms. The van der Waals surface area contributed by atoms with E-state index < -0.39 is 43.3 Å². The van der Waals surface area contributed by atoms with Gasteiger partial charge < -0.3 is 49.5 Å². The molecular formula is C35H56O11Si5. The highest BCUT2D eigenvalue weighted by Crippen LogP contribution is 2.22. The molecule has 0 atom stereocenters. The molecule has 0 saturated heterocycles. The van der Waals surface area contributed by atoms with Gasteiger partial charge in [0.1, 0.15) is 0 Å². The Bertz CT molecular complexity index is 1380. The van der Waals surface area contributed by atoms with Crippen LogP contribution in [0.4, 0.5) is 0 Å². The second-order valence-corrected chi connectivity index (χ2v) is 26.5. The largest absolute Gasteiger partial charge is 0.496 e. The monoisotopic (exact) mass is 792 g/mol. The van der Waals surface area contributed by atoms with Crippen LogP contribution >= 0.6 is 0 Å². The van der Waals surface area contributed by atoms with Crippen LogP contribution in [0.15, 0.2) is 121 Å². The average molecular weight is 793 g/mol. The van der Waals surface area contributed by atoms with E-state index in [9.17, 15) is 9.59 Å². The van der Waals surface area contributed by atoms with Crippen molar-refractivity contribution in [1.29, 1.82) is 0 Å². The number of benzene rings is 4. The lowest BCUT2D eigenvalue weighted by Crippen LogP contribution is -2.71. The van der Waals surface area contributed by atoms with Crippen molar-refractivity contribution in [3.8, 4) is 0 Å². The molecule has 0 fully saturated rings. The third kappa shape index (κ3) is 14.1. The van der Waals surface area contributed by atoms with Crippen LogP contribution in [0.25, 0.3) is 0 Å². The Morgan fingerprint density at radius 1 is 0.373 bits per heavy atom. The Balaban J connectivity index is 0.000000435. The predicted molar refractivity (Wildman–Crippen MR) is 213 cm³/mol. The van der Waals surface area contributed by atoms with Gasteiger partial charge in [-0.15, -0.1) is 0 Å². The van der Waals surface area contributed by atoms with Crippen molar-refractivity contribution in [3.63, 3.8) is 0 Å².